The SMILES string of the molecule is CS(=O)(=O)c1ccc(F)c(NCC2CC2)c1. The summed E-state index contributed by atoms with van der Waals surface area (Å²) < 4.78 is 36.0. The zero-order valence-electron chi connectivity index (χ0n) is 9.03. The van der Waals surface area contributed by atoms with Gasteiger partial charge in [0.25, 0.3) is 0 Å². The van der Waals surface area contributed by atoms with E-state index in [0.29, 0.717) is 12.5 Å². The van der Waals surface area contributed by atoms with Crippen LogP contribution in [0.5, 0.6) is 0 Å². The molecular formula is C11H14FNO2S. The first-order valence-electron chi connectivity index (χ1n) is 5.20. The van der Waals surface area contributed by atoms with Crippen LogP contribution in [-0.4, -0.2) is 21.2 Å². The topological polar surface area (TPSA) is 46.2 Å². The van der Waals surface area contributed by atoms with E-state index in [1.54, 1.807) is 0 Å². The maximum absolute atomic E-state index is 13.4. The molecule has 0 amide bonds. The molecule has 0 aromatic heterocycles. The summed E-state index contributed by atoms with van der Waals surface area (Å²) in [6, 6.07) is 3.83. The van der Waals surface area contributed by atoms with Gasteiger partial charge in [-0.3, -0.25) is 0 Å². The van der Waals surface area contributed by atoms with Gasteiger partial charge in [-0.1, -0.05) is 0 Å². The standard InChI is InChI=1S/C11H14FNO2S/c1-16(14,15)9-4-5-10(12)11(6-9)13-7-8-2-3-8/h4-6,8,13H,2-3,7H2,1H3. The van der Waals surface area contributed by atoms with Crippen LogP contribution in [0.3, 0.4) is 0 Å². The summed E-state index contributed by atoms with van der Waals surface area (Å²) in [5.74, 6) is 0.203. The van der Waals surface area contributed by atoms with E-state index in [0.717, 1.165) is 6.26 Å². The molecule has 1 aliphatic rings. The van der Waals surface area contributed by atoms with Gasteiger partial charge in [-0.25, -0.2) is 12.8 Å². The van der Waals surface area contributed by atoms with Gasteiger partial charge in [-0.2, -0.15) is 0 Å². The molecule has 1 aromatic rings. The second-order valence-corrected chi connectivity index (χ2v) is 6.25. The Morgan fingerprint density at radius 3 is 2.69 bits per heavy atom. The van der Waals surface area contributed by atoms with Crippen molar-refractivity contribution in [2.24, 2.45) is 5.92 Å². The molecule has 0 aliphatic heterocycles. The second kappa shape index (κ2) is 4.05. The molecule has 0 bridgehead atoms. The molecule has 88 valence electrons. The quantitative estimate of drug-likeness (QED) is 0.823. The average molecular weight is 243 g/mol. The monoisotopic (exact) mass is 243 g/mol. The first-order valence-corrected chi connectivity index (χ1v) is 7.09. The highest BCUT2D eigenvalue weighted by atomic mass is 32.2. The van der Waals surface area contributed by atoms with Crippen LogP contribution in [0.4, 0.5) is 10.1 Å². The predicted molar refractivity (Wildman–Crippen MR) is 60.7 cm³/mol. The third-order valence-corrected chi connectivity index (χ3v) is 3.75. The van der Waals surface area contributed by atoms with Gasteiger partial charge >= 0.3 is 0 Å². The van der Waals surface area contributed by atoms with Crippen LogP contribution in [-0.2, 0) is 9.84 Å². The summed E-state index contributed by atoms with van der Waals surface area (Å²) in [6.07, 6.45) is 3.45. The fraction of sp³-hybridized carbons (Fsp3) is 0.455. The fourth-order valence-electron chi connectivity index (χ4n) is 1.45. The van der Waals surface area contributed by atoms with Crippen LogP contribution < -0.4 is 5.32 Å². The molecule has 1 aromatic carbocycles. The molecule has 0 atom stereocenters. The Bertz CT molecular complexity index is 495. The molecule has 1 N–H and O–H groups in total. The van der Waals surface area contributed by atoms with Gasteiger partial charge < -0.3 is 5.32 Å². The number of nitrogens with one attached hydrogen (secondary N) is 1. The molecule has 0 saturated heterocycles. The zero-order chi connectivity index (χ0) is 11.8. The molecule has 0 unspecified atom stereocenters. The number of rotatable bonds is 4. The first-order chi connectivity index (χ1) is 7.47. The van der Waals surface area contributed by atoms with Crippen molar-refractivity contribution in [3.8, 4) is 0 Å². The van der Waals surface area contributed by atoms with Crippen LogP contribution >= 0.6 is 0 Å². The second-order valence-electron chi connectivity index (χ2n) is 4.24. The minimum Gasteiger partial charge on any atom is -0.382 e. The third kappa shape index (κ3) is 2.72. The van der Waals surface area contributed by atoms with Crippen molar-refractivity contribution in [2.75, 3.05) is 18.1 Å². The summed E-state index contributed by atoms with van der Waals surface area (Å²) >= 11 is 0. The minimum absolute atomic E-state index is 0.146. The Balaban J connectivity index is 2.21. The van der Waals surface area contributed by atoms with Crippen molar-refractivity contribution in [1.29, 1.82) is 0 Å². The maximum atomic E-state index is 13.4. The van der Waals surface area contributed by atoms with Crippen LogP contribution in [0.2, 0.25) is 0 Å². The van der Waals surface area contributed by atoms with Gasteiger partial charge in [0.1, 0.15) is 5.82 Å². The number of hydrogen-bond donors (Lipinski definition) is 1. The van der Waals surface area contributed by atoms with Gasteiger partial charge in [-0.05, 0) is 37.0 Å². The summed E-state index contributed by atoms with van der Waals surface area (Å²) in [7, 11) is -3.27. The highest BCUT2D eigenvalue weighted by molar-refractivity contribution is 7.90. The van der Waals surface area contributed by atoms with E-state index in [-0.39, 0.29) is 10.6 Å². The molecule has 1 saturated carbocycles. The van der Waals surface area contributed by atoms with Gasteiger partial charge in [0.2, 0.25) is 0 Å². The van der Waals surface area contributed by atoms with E-state index in [9.17, 15) is 12.8 Å². The van der Waals surface area contributed by atoms with E-state index in [4.69, 9.17) is 0 Å². The highest BCUT2D eigenvalue weighted by Crippen LogP contribution is 2.29. The molecule has 1 fully saturated rings. The molecule has 16 heavy (non-hydrogen) atoms. The van der Waals surface area contributed by atoms with Crippen LogP contribution in [0.25, 0.3) is 0 Å². The first kappa shape index (κ1) is 11.4. The van der Waals surface area contributed by atoms with Gasteiger partial charge in [-0.15, -0.1) is 0 Å². The van der Waals surface area contributed by atoms with Gasteiger partial charge in [0.15, 0.2) is 9.84 Å². The Labute approximate surface area is 94.6 Å². The summed E-state index contributed by atoms with van der Waals surface area (Å²) in [5.41, 5.74) is 0.273. The van der Waals surface area contributed by atoms with Gasteiger partial charge in [0.05, 0.1) is 10.6 Å². The lowest BCUT2D eigenvalue weighted by Crippen LogP contribution is -2.06. The van der Waals surface area contributed by atoms with Crippen LogP contribution in [0.1, 0.15) is 12.8 Å². The van der Waals surface area contributed by atoms with Crippen molar-refractivity contribution >= 4 is 15.5 Å². The van der Waals surface area contributed by atoms with Crippen LogP contribution in [0.15, 0.2) is 23.1 Å². The van der Waals surface area contributed by atoms with E-state index >= 15 is 0 Å². The van der Waals surface area contributed by atoms with E-state index in [1.807, 2.05) is 0 Å². The van der Waals surface area contributed by atoms with E-state index in [2.05, 4.69) is 5.32 Å². The molecule has 2 rings (SSSR count). The molecule has 1 aliphatic carbocycles. The Hall–Kier alpha value is -1.10. The summed E-state index contributed by atoms with van der Waals surface area (Å²) in [4.78, 5) is 0.146. The predicted octanol–water partition coefficient (Wildman–Crippen LogP) is 2.05. The van der Waals surface area contributed by atoms with Crippen LogP contribution in [0, 0.1) is 11.7 Å². The highest BCUT2D eigenvalue weighted by Gasteiger charge is 2.21. The molecule has 5 heteroatoms. The largest absolute Gasteiger partial charge is 0.382 e. The van der Waals surface area contributed by atoms with E-state index in [1.165, 1.54) is 31.0 Å². The number of hydrogen-bond acceptors (Lipinski definition) is 3. The Kier molecular flexibility index (Phi) is 2.88. The summed E-state index contributed by atoms with van der Waals surface area (Å²) in [6.45, 7) is 0.712. The van der Waals surface area contributed by atoms with Crippen molar-refractivity contribution < 1.29 is 12.8 Å². The third-order valence-electron chi connectivity index (χ3n) is 2.64. The maximum Gasteiger partial charge on any atom is 0.175 e. The smallest absolute Gasteiger partial charge is 0.175 e. The van der Waals surface area contributed by atoms with Crippen molar-refractivity contribution in [2.45, 2.75) is 17.7 Å². The van der Waals surface area contributed by atoms with Crippen molar-refractivity contribution in [3.05, 3.63) is 24.0 Å². The minimum atomic E-state index is -3.27. The lowest BCUT2D eigenvalue weighted by atomic mass is 10.3. The number of sulfone groups is 1. The lowest BCUT2D eigenvalue weighted by Gasteiger charge is -2.08. The number of halogens is 1. The van der Waals surface area contributed by atoms with Gasteiger partial charge in [0, 0.05) is 12.8 Å². The Morgan fingerprint density at radius 2 is 2.12 bits per heavy atom. The average Bonchev–Trinajstić information content (AvgIpc) is 2.98. The fourth-order valence-corrected chi connectivity index (χ4v) is 2.09. The molecule has 0 radical (unpaired) electrons. The molecule has 0 spiro atoms. The Morgan fingerprint density at radius 1 is 1.44 bits per heavy atom. The zero-order valence-corrected chi connectivity index (χ0v) is 9.85. The lowest BCUT2D eigenvalue weighted by molar-refractivity contribution is 0.600. The molecular weight excluding hydrogens is 229 g/mol. The molecule has 0 heterocycles. The van der Waals surface area contributed by atoms with Crippen molar-refractivity contribution in [3.63, 3.8) is 0 Å². The summed E-state index contributed by atoms with van der Waals surface area (Å²) in [5, 5.41) is 2.95. The number of benzene rings is 1. The molecule has 3 nitrogen and oxygen atoms in total. The number of anilines is 1. The van der Waals surface area contributed by atoms with E-state index < -0.39 is 15.7 Å². The normalized spacial score (nSPS) is 16.1. The van der Waals surface area contributed by atoms with Crippen molar-refractivity contribution in [1.82, 2.24) is 0 Å².